The number of aryl methyl sites for hydroxylation is 1. The third-order valence-electron chi connectivity index (χ3n) is 1.91. The Labute approximate surface area is 88.4 Å². The zero-order valence-corrected chi connectivity index (χ0v) is 8.82. The molecule has 0 fully saturated rings. The number of methoxy groups -OCH3 is 1. The van der Waals surface area contributed by atoms with Crippen LogP contribution in [0, 0.1) is 6.92 Å². The fraction of sp³-hybridized carbons (Fsp3) is 0.364. The minimum Gasteiger partial charge on any atom is -0.490 e. The lowest BCUT2D eigenvalue weighted by molar-refractivity contribution is 0.0689. The quantitative estimate of drug-likeness (QED) is 0.752. The SMILES string of the molecule is COCCOc1cc(C)ccc1C(=O)O. The normalized spacial score (nSPS) is 10.0. The van der Waals surface area contributed by atoms with Crippen LogP contribution in [0.15, 0.2) is 18.2 Å². The Balaban J connectivity index is 2.82. The standard InChI is InChI=1S/C11H14O4/c1-8-3-4-9(11(12)13)10(7-8)15-6-5-14-2/h3-4,7H,5-6H2,1-2H3,(H,12,13). The molecule has 0 heterocycles. The first-order valence-corrected chi connectivity index (χ1v) is 4.61. The summed E-state index contributed by atoms with van der Waals surface area (Å²) in [5.41, 5.74) is 1.14. The number of carboxylic acid groups (broad SMARTS) is 1. The minimum atomic E-state index is -0.984. The van der Waals surface area contributed by atoms with Crippen LogP contribution in [0.2, 0.25) is 0 Å². The maximum absolute atomic E-state index is 10.9. The summed E-state index contributed by atoms with van der Waals surface area (Å²) in [7, 11) is 1.57. The van der Waals surface area contributed by atoms with E-state index in [0.717, 1.165) is 5.56 Å². The van der Waals surface area contributed by atoms with Gasteiger partial charge in [-0.2, -0.15) is 0 Å². The summed E-state index contributed by atoms with van der Waals surface area (Å²) in [5.74, 6) is -0.595. The molecule has 0 aliphatic carbocycles. The van der Waals surface area contributed by atoms with Crippen LogP contribution < -0.4 is 4.74 Å². The number of ether oxygens (including phenoxy) is 2. The molecule has 0 unspecified atom stereocenters. The third kappa shape index (κ3) is 3.25. The summed E-state index contributed by atoms with van der Waals surface area (Å²) in [6.45, 7) is 2.67. The van der Waals surface area contributed by atoms with Crippen molar-refractivity contribution in [3.05, 3.63) is 29.3 Å². The predicted octanol–water partition coefficient (Wildman–Crippen LogP) is 1.72. The molecule has 1 aromatic rings. The third-order valence-corrected chi connectivity index (χ3v) is 1.91. The van der Waals surface area contributed by atoms with Gasteiger partial charge in [0.1, 0.15) is 17.9 Å². The zero-order chi connectivity index (χ0) is 11.3. The molecule has 0 saturated carbocycles. The minimum absolute atomic E-state index is 0.178. The lowest BCUT2D eigenvalue weighted by Gasteiger charge is -2.09. The molecular weight excluding hydrogens is 196 g/mol. The van der Waals surface area contributed by atoms with Crippen LogP contribution in [-0.2, 0) is 4.74 Å². The average molecular weight is 210 g/mol. The second kappa shape index (κ2) is 5.36. The van der Waals surface area contributed by atoms with E-state index in [2.05, 4.69) is 0 Å². The van der Waals surface area contributed by atoms with E-state index in [9.17, 15) is 4.79 Å². The molecule has 4 nitrogen and oxygen atoms in total. The van der Waals surface area contributed by atoms with Crippen molar-refractivity contribution in [3.8, 4) is 5.75 Å². The van der Waals surface area contributed by atoms with Crippen LogP contribution in [0.3, 0.4) is 0 Å². The molecule has 0 radical (unpaired) electrons. The van der Waals surface area contributed by atoms with Crippen LogP contribution in [0.25, 0.3) is 0 Å². The summed E-state index contributed by atoms with van der Waals surface area (Å²) in [4.78, 5) is 10.9. The predicted molar refractivity (Wildman–Crippen MR) is 55.5 cm³/mol. The molecule has 0 aromatic heterocycles. The van der Waals surface area contributed by atoms with Gasteiger partial charge in [0.2, 0.25) is 0 Å². The summed E-state index contributed by atoms with van der Waals surface area (Å²) in [6.07, 6.45) is 0. The van der Waals surface area contributed by atoms with Crippen molar-refractivity contribution in [2.45, 2.75) is 6.92 Å². The van der Waals surface area contributed by atoms with Gasteiger partial charge in [-0.15, -0.1) is 0 Å². The van der Waals surface area contributed by atoms with Crippen molar-refractivity contribution in [1.29, 1.82) is 0 Å². The van der Waals surface area contributed by atoms with Gasteiger partial charge < -0.3 is 14.6 Å². The van der Waals surface area contributed by atoms with Gasteiger partial charge >= 0.3 is 5.97 Å². The highest BCUT2D eigenvalue weighted by atomic mass is 16.5. The molecule has 1 N–H and O–H groups in total. The van der Waals surface area contributed by atoms with E-state index in [0.29, 0.717) is 19.0 Å². The molecule has 0 atom stereocenters. The molecule has 0 aliphatic rings. The van der Waals surface area contributed by atoms with Crippen LogP contribution in [0.4, 0.5) is 0 Å². The van der Waals surface area contributed by atoms with Crippen LogP contribution in [-0.4, -0.2) is 31.4 Å². The summed E-state index contributed by atoms with van der Waals surface area (Å²) in [6, 6.07) is 4.99. The van der Waals surface area contributed by atoms with Crippen molar-refractivity contribution in [2.75, 3.05) is 20.3 Å². The molecule has 0 spiro atoms. The average Bonchev–Trinajstić information content (AvgIpc) is 2.18. The van der Waals surface area contributed by atoms with Crippen molar-refractivity contribution < 1.29 is 19.4 Å². The molecular formula is C11H14O4. The Kier molecular flexibility index (Phi) is 4.12. The zero-order valence-electron chi connectivity index (χ0n) is 8.82. The summed E-state index contributed by atoms with van der Waals surface area (Å²) < 4.78 is 10.1. The Hall–Kier alpha value is -1.55. The van der Waals surface area contributed by atoms with E-state index in [4.69, 9.17) is 14.6 Å². The lowest BCUT2D eigenvalue weighted by atomic mass is 10.1. The van der Waals surface area contributed by atoms with Crippen molar-refractivity contribution >= 4 is 5.97 Å². The molecule has 15 heavy (non-hydrogen) atoms. The van der Waals surface area contributed by atoms with E-state index < -0.39 is 5.97 Å². The first-order chi connectivity index (χ1) is 7.15. The Morgan fingerprint density at radius 2 is 2.13 bits per heavy atom. The molecule has 0 bridgehead atoms. The fourth-order valence-electron chi connectivity index (χ4n) is 1.16. The highest BCUT2D eigenvalue weighted by Crippen LogP contribution is 2.20. The molecule has 82 valence electrons. The first kappa shape index (κ1) is 11.5. The Morgan fingerprint density at radius 1 is 1.40 bits per heavy atom. The lowest BCUT2D eigenvalue weighted by Crippen LogP contribution is -2.08. The number of carbonyl (C=O) groups is 1. The van der Waals surface area contributed by atoms with Gasteiger partial charge in [-0.05, 0) is 24.6 Å². The highest BCUT2D eigenvalue weighted by molar-refractivity contribution is 5.90. The number of hydrogen-bond donors (Lipinski definition) is 1. The number of rotatable bonds is 5. The number of benzene rings is 1. The van der Waals surface area contributed by atoms with Gasteiger partial charge in [-0.3, -0.25) is 0 Å². The molecule has 0 aliphatic heterocycles. The molecule has 1 aromatic carbocycles. The number of carboxylic acids is 1. The van der Waals surface area contributed by atoms with E-state index in [1.54, 1.807) is 25.3 Å². The topological polar surface area (TPSA) is 55.8 Å². The number of hydrogen-bond acceptors (Lipinski definition) is 3. The van der Waals surface area contributed by atoms with Crippen molar-refractivity contribution in [1.82, 2.24) is 0 Å². The Bertz CT molecular complexity index is 346. The first-order valence-electron chi connectivity index (χ1n) is 4.61. The smallest absolute Gasteiger partial charge is 0.339 e. The maximum atomic E-state index is 10.9. The van der Waals surface area contributed by atoms with Gasteiger partial charge in [0, 0.05) is 7.11 Å². The maximum Gasteiger partial charge on any atom is 0.339 e. The van der Waals surface area contributed by atoms with E-state index in [1.165, 1.54) is 0 Å². The van der Waals surface area contributed by atoms with Gasteiger partial charge in [-0.1, -0.05) is 6.07 Å². The molecule has 0 saturated heterocycles. The van der Waals surface area contributed by atoms with Crippen LogP contribution in [0.1, 0.15) is 15.9 Å². The van der Waals surface area contributed by atoms with Crippen LogP contribution >= 0.6 is 0 Å². The van der Waals surface area contributed by atoms with E-state index in [1.807, 2.05) is 6.92 Å². The van der Waals surface area contributed by atoms with Crippen LogP contribution in [0.5, 0.6) is 5.75 Å². The van der Waals surface area contributed by atoms with Gasteiger partial charge in [0.25, 0.3) is 0 Å². The highest BCUT2D eigenvalue weighted by Gasteiger charge is 2.10. The Morgan fingerprint density at radius 3 is 2.73 bits per heavy atom. The fourth-order valence-corrected chi connectivity index (χ4v) is 1.16. The van der Waals surface area contributed by atoms with Gasteiger partial charge in [-0.25, -0.2) is 4.79 Å². The largest absolute Gasteiger partial charge is 0.490 e. The molecule has 0 amide bonds. The second-order valence-corrected chi connectivity index (χ2v) is 3.15. The van der Waals surface area contributed by atoms with E-state index >= 15 is 0 Å². The second-order valence-electron chi connectivity index (χ2n) is 3.15. The van der Waals surface area contributed by atoms with Gasteiger partial charge in [0.05, 0.1) is 6.61 Å². The monoisotopic (exact) mass is 210 g/mol. The van der Waals surface area contributed by atoms with Crippen molar-refractivity contribution in [2.24, 2.45) is 0 Å². The molecule has 1 rings (SSSR count). The van der Waals surface area contributed by atoms with E-state index in [-0.39, 0.29) is 5.56 Å². The molecule has 4 heteroatoms. The summed E-state index contributed by atoms with van der Waals surface area (Å²) in [5, 5.41) is 8.90. The van der Waals surface area contributed by atoms with Gasteiger partial charge in [0.15, 0.2) is 0 Å². The summed E-state index contributed by atoms with van der Waals surface area (Å²) >= 11 is 0. The number of aromatic carboxylic acids is 1. The van der Waals surface area contributed by atoms with Crippen molar-refractivity contribution in [3.63, 3.8) is 0 Å².